The van der Waals surface area contributed by atoms with E-state index in [1.807, 2.05) is 45.2 Å². The Labute approximate surface area is 191 Å². The van der Waals surface area contributed by atoms with Gasteiger partial charge in [0.1, 0.15) is 17.5 Å². The zero-order valence-electron chi connectivity index (χ0n) is 19.8. The molecule has 2 heterocycles. The number of pyridine rings is 1. The number of aryl methyl sites for hydroxylation is 2. The van der Waals surface area contributed by atoms with Gasteiger partial charge >= 0.3 is 0 Å². The first-order chi connectivity index (χ1) is 15.5. The molecule has 2 aromatic carbocycles. The van der Waals surface area contributed by atoms with Crippen LogP contribution in [0.5, 0.6) is 0 Å². The second kappa shape index (κ2) is 10.7. The van der Waals surface area contributed by atoms with E-state index in [2.05, 4.69) is 65.1 Å². The second-order valence-corrected chi connectivity index (χ2v) is 7.65. The predicted molar refractivity (Wildman–Crippen MR) is 136 cm³/mol. The summed E-state index contributed by atoms with van der Waals surface area (Å²) in [5, 5.41) is 1.09. The standard InChI is InChI=1S/C25H27N5.C2H6/c1-4-13-30(25-22-7-5-6-8-23(22)28-18(3)29-25)16-21-14-19(10-9-17(21)2)20-11-12-24(26)27-15-20;1-2/h5-12,14-15H,4,13,16H2,1-3H3,(H2,26,27);1-2H3. The second-order valence-electron chi connectivity index (χ2n) is 7.65. The van der Waals surface area contributed by atoms with E-state index in [0.717, 1.165) is 53.2 Å². The Bertz CT molecular complexity index is 1170. The molecular formula is C27H33N5. The molecule has 0 bridgehead atoms. The van der Waals surface area contributed by atoms with Crippen LogP contribution in [0.3, 0.4) is 0 Å². The Kier molecular flexibility index (Phi) is 7.77. The number of nitrogens with zero attached hydrogens (tertiary/aromatic N) is 4. The van der Waals surface area contributed by atoms with E-state index < -0.39 is 0 Å². The number of hydrogen-bond donors (Lipinski definition) is 1. The Balaban J connectivity index is 0.00000141. The number of fused-ring (bicyclic) bond motifs is 1. The average molecular weight is 428 g/mol. The van der Waals surface area contributed by atoms with Gasteiger partial charge in [0, 0.05) is 30.2 Å². The van der Waals surface area contributed by atoms with Crippen molar-refractivity contribution in [1.82, 2.24) is 15.0 Å². The van der Waals surface area contributed by atoms with E-state index in [-0.39, 0.29) is 0 Å². The summed E-state index contributed by atoms with van der Waals surface area (Å²) in [6, 6.07) is 18.7. The summed E-state index contributed by atoms with van der Waals surface area (Å²) in [5.41, 5.74) is 11.5. The molecule has 0 spiro atoms. The largest absolute Gasteiger partial charge is 0.384 e. The molecule has 2 aromatic heterocycles. The number of para-hydroxylation sites is 1. The molecule has 0 fully saturated rings. The van der Waals surface area contributed by atoms with Gasteiger partial charge in [0.15, 0.2) is 0 Å². The number of rotatable bonds is 6. The van der Waals surface area contributed by atoms with Gasteiger partial charge in [0.2, 0.25) is 0 Å². The SMILES string of the molecule is CC.CCCN(Cc1cc(-c2ccc(N)nc2)ccc1C)c1nc(C)nc2ccccc12. The first-order valence-electron chi connectivity index (χ1n) is 11.3. The zero-order chi connectivity index (χ0) is 23.1. The molecule has 0 aliphatic heterocycles. The highest BCUT2D eigenvalue weighted by atomic mass is 15.2. The summed E-state index contributed by atoms with van der Waals surface area (Å²) in [5.74, 6) is 2.33. The molecule has 0 atom stereocenters. The van der Waals surface area contributed by atoms with Crippen LogP contribution in [0.4, 0.5) is 11.6 Å². The van der Waals surface area contributed by atoms with Gasteiger partial charge in [0.25, 0.3) is 0 Å². The molecule has 0 saturated heterocycles. The summed E-state index contributed by atoms with van der Waals surface area (Å²) in [4.78, 5) is 16.0. The molecule has 166 valence electrons. The van der Waals surface area contributed by atoms with Crippen molar-refractivity contribution in [2.75, 3.05) is 17.2 Å². The summed E-state index contributed by atoms with van der Waals surface area (Å²) in [6.07, 6.45) is 2.87. The number of nitrogen functional groups attached to an aromatic ring is 1. The maximum atomic E-state index is 5.75. The van der Waals surface area contributed by atoms with Crippen LogP contribution in [0.2, 0.25) is 0 Å². The van der Waals surface area contributed by atoms with E-state index in [1.54, 1.807) is 0 Å². The third kappa shape index (κ3) is 5.22. The van der Waals surface area contributed by atoms with Crippen LogP contribution in [0.1, 0.15) is 44.1 Å². The van der Waals surface area contributed by atoms with Gasteiger partial charge in [-0.25, -0.2) is 15.0 Å². The molecule has 0 aliphatic carbocycles. The van der Waals surface area contributed by atoms with Crippen molar-refractivity contribution in [3.05, 3.63) is 77.7 Å². The maximum absolute atomic E-state index is 5.75. The molecule has 0 saturated carbocycles. The quantitative estimate of drug-likeness (QED) is 0.389. The molecular weight excluding hydrogens is 394 g/mol. The van der Waals surface area contributed by atoms with Crippen LogP contribution in [0.15, 0.2) is 60.8 Å². The lowest BCUT2D eigenvalue weighted by atomic mass is 10.00. The molecule has 32 heavy (non-hydrogen) atoms. The molecule has 0 amide bonds. The summed E-state index contributed by atoms with van der Waals surface area (Å²) < 4.78 is 0. The Hall–Kier alpha value is -3.47. The highest BCUT2D eigenvalue weighted by Gasteiger charge is 2.15. The maximum Gasteiger partial charge on any atom is 0.140 e. The number of nitrogens with two attached hydrogens (primary N) is 1. The Morgan fingerprint density at radius 1 is 0.906 bits per heavy atom. The van der Waals surface area contributed by atoms with Gasteiger partial charge in [-0.3, -0.25) is 0 Å². The first-order valence-corrected chi connectivity index (χ1v) is 11.3. The minimum atomic E-state index is 0.534. The molecule has 5 heteroatoms. The van der Waals surface area contributed by atoms with Gasteiger partial charge in [-0.2, -0.15) is 0 Å². The molecule has 0 radical (unpaired) electrons. The minimum Gasteiger partial charge on any atom is -0.384 e. The number of benzene rings is 2. The van der Waals surface area contributed by atoms with Crippen molar-refractivity contribution in [1.29, 1.82) is 0 Å². The molecule has 5 nitrogen and oxygen atoms in total. The topological polar surface area (TPSA) is 67.9 Å². The van der Waals surface area contributed by atoms with E-state index >= 15 is 0 Å². The van der Waals surface area contributed by atoms with Crippen molar-refractivity contribution in [2.45, 2.75) is 47.6 Å². The summed E-state index contributed by atoms with van der Waals surface area (Å²) in [6.45, 7) is 12.0. The normalized spacial score (nSPS) is 10.5. The molecule has 2 N–H and O–H groups in total. The van der Waals surface area contributed by atoms with Gasteiger partial charge in [0.05, 0.1) is 5.52 Å². The summed E-state index contributed by atoms with van der Waals surface area (Å²) in [7, 11) is 0. The van der Waals surface area contributed by atoms with Crippen LogP contribution < -0.4 is 10.6 Å². The zero-order valence-corrected chi connectivity index (χ0v) is 19.8. The van der Waals surface area contributed by atoms with E-state index in [0.29, 0.717) is 5.82 Å². The molecule has 4 rings (SSSR count). The van der Waals surface area contributed by atoms with Crippen molar-refractivity contribution < 1.29 is 0 Å². The highest BCUT2D eigenvalue weighted by Crippen LogP contribution is 2.28. The predicted octanol–water partition coefficient (Wildman–Crippen LogP) is 6.33. The van der Waals surface area contributed by atoms with Crippen LogP contribution in [-0.4, -0.2) is 21.5 Å². The van der Waals surface area contributed by atoms with Crippen molar-refractivity contribution in [3.8, 4) is 11.1 Å². The molecule has 4 aromatic rings. The lowest BCUT2D eigenvalue weighted by molar-refractivity contribution is 0.752. The van der Waals surface area contributed by atoms with Crippen LogP contribution in [0.25, 0.3) is 22.0 Å². The van der Waals surface area contributed by atoms with E-state index in [1.165, 1.54) is 11.1 Å². The van der Waals surface area contributed by atoms with Crippen molar-refractivity contribution in [3.63, 3.8) is 0 Å². The Morgan fingerprint density at radius 2 is 1.66 bits per heavy atom. The average Bonchev–Trinajstić information content (AvgIpc) is 2.81. The lowest BCUT2D eigenvalue weighted by Crippen LogP contribution is -2.25. The van der Waals surface area contributed by atoms with Crippen molar-refractivity contribution in [2.24, 2.45) is 0 Å². The van der Waals surface area contributed by atoms with Crippen LogP contribution >= 0.6 is 0 Å². The first kappa shape index (κ1) is 23.2. The number of aromatic nitrogens is 3. The fourth-order valence-electron chi connectivity index (χ4n) is 3.75. The van der Waals surface area contributed by atoms with Crippen LogP contribution in [0, 0.1) is 13.8 Å². The Morgan fingerprint density at radius 3 is 2.38 bits per heavy atom. The fourth-order valence-corrected chi connectivity index (χ4v) is 3.75. The van der Waals surface area contributed by atoms with E-state index in [4.69, 9.17) is 10.7 Å². The third-order valence-electron chi connectivity index (χ3n) is 5.32. The third-order valence-corrected chi connectivity index (χ3v) is 5.32. The lowest BCUT2D eigenvalue weighted by Gasteiger charge is -2.26. The van der Waals surface area contributed by atoms with E-state index in [9.17, 15) is 0 Å². The van der Waals surface area contributed by atoms with Crippen molar-refractivity contribution >= 4 is 22.5 Å². The monoisotopic (exact) mass is 427 g/mol. The fraction of sp³-hybridized carbons (Fsp3) is 0.296. The van der Waals surface area contributed by atoms with Gasteiger partial charge < -0.3 is 10.6 Å². The number of hydrogen-bond acceptors (Lipinski definition) is 5. The van der Waals surface area contributed by atoms with Gasteiger partial charge in [-0.15, -0.1) is 0 Å². The summed E-state index contributed by atoms with van der Waals surface area (Å²) >= 11 is 0. The van der Waals surface area contributed by atoms with Gasteiger partial charge in [-0.05, 0) is 67.3 Å². The van der Waals surface area contributed by atoms with Crippen LogP contribution in [-0.2, 0) is 6.54 Å². The number of anilines is 2. The highest BCUT2D eigenvalue weighted by molar-refractivity contribution is 5.89. The molecule has 0 unspecified atom stereocenters. The van der Waals surface area contributed by atoms with Gasteiger partial charge in [-0.1, -0.05) is 45.0 Å². The smallest absolute Gasteiger partial charge is 0.140 e. The minimum absolute atomic E-state index is 0.534. The molecule has 0 aliphatic rings.